The molecule has 0 bridgehead atoms. The van der Waals surface area contributed by atoms with Crippen LogP contribution in [-0.2, 0) is 0 Å². The fourth-order valence-corrected chi connectivity index (χ4v) is 2.23. The molecular formula is C15H20N4. The quantitative estimate of drug-likeness (QED) is 0.897. The largest absolute Gasteiger partial charge is 0.383 e. The molecule has 4 nitrogen and oxygen atoms in total. The van der Waals surface area contributed by atoms with Crippen LogP contribution in [0.15, 0.2) is 18.2 Å². The standard InChI is InChI=1S/C15H20N4/c1-9-6-10(2)8-13(7-9)19(5)15-11(3)14(16)17-12(4)18-15/h6-8H,1-5H3,(H2,16,17,18). The van der Waals surface area contributed by atoms with Crippen molar-refractivity contribution in [2.45, 2.75) is 27.7 Å². The minimum Gasteiger partial charge on any atom is -0.383 e. The molecule has 0 amide bonds. The summed E-state index contributed by atoms with van der Waals surface area (Å²) in [5.74, 6) is 2.09. The molecule has 0 spiro atoms. The minimum absolute atomic E-state index is 0.540. The van der Waals surface area contributed by atoms with E-state index < -0.39 is 0 Å². The molecule has 0 aliphatic carbocycles. The number of rotatable bonds is 2. The fourth-order valence-electron chi connectivity index (χ4n) is 2.23. The molecule has 0 radical (unpaired) electrons. The maximum absolute atomic E-state index is 5.92. The van der Waals surface area contributed by atoms with Gasteiger partial charge in [-0.05, 0) is 51.0 Å². The Morgan fingerprint density at radius 3 is 2.11 bits per heavy atom. The Kier molecular flexibility index (Phi) is 3.42. The molecule has 2 aromatic rings. The number of hydrogen-bond acceptors (Lipinski definition) is 4. The third-order valence-electron chi connectivity index (χ3n) is 3.18. The van der Waals surface area contributed by atoms with Gasteiger partial charge in [-0.25, -0.2) is 9.97 Å². The monoisotopic (exact) mass is 256 g/mol. The van der Waals surface area contributed by atoms with E-state index in [-0.39, 0.29) is 0 Å². The van der Waals surface area contributed by atoms with E-state index in [0.717, 1.165) is 17.1 Å². The first-order valence-electron chi connectivity index (χ1n) is 6.31. The lowest BCUT2D eigenvalue weighted by atomic mass is 10.1. The summed E-state index contributed by atoms with van der Waals surface area (Å²) in [5.41, 5.74) is 10.4. The van der Waals surface area contributed by atoms with Gasteiger partial charge in [-0.1, -0.05) is 6.07 Å². The molecule has 0 fully saturated rings. The van der Waals surface area contributed by atoms with Crippen molar-refractivity contribution in [1.29, 1.82) is 0 Å². The zero-order valence-corrected chi connectivity index (χ0v) is 12.2. The van der Waals surface area contributed by atoms with Gasteiger partial charge < -0.3 is 10.6 Å². The Balaban J connectivity index is 2.52. The van der Waals surface area contributed by atoms with Crippen molar-refractivity contribution >= 4 is 17.3 Å². The van der Waals surface area contributed by atoms with Crippen LogP contribution in [0.2, 0.25) is 0 Å². The van der Waals surface area contributed by atoms with Crippen LogP contribution in [0.3, 0.4) is 0 Å². The van der Waals surface area contributed by atoms with Crippen molar-refractivity contribution in [1.82, 2.24) is 9.97 Å². The normalized spacial score (nSPS) is 10.6. The first-order chi connectivity index (χ1) is 8.88. The highest BCUT2D eigenvalue weighted by Crippen LogP contribution is 2.28. The molecule has 2 rings (SSSR count). The highest BCUT2D eigenvalue weighted by Gasteiger charge is 2.13. The maximum Gasteiger partial charge on any atom is 0.141 e. The van der Waals surface area contributed by atoms with E-state index in [1.807, 2.05) is 20.9 Å². The summed E-state index contributed by atoms with van der Waals surface area (Å²) in [6.07, 6.45) is 0. The number of nitrogens with zero attached hydrogens (tertiary/aromatic N) is 3. The molecule has 100 valence electrons. The molecule has 0 saturated carbocycles. The number of hydrogen-bond donors (Lipinski definition) is 1. The number of anilines is 3. The molecule has 19 heavy (non-hydrogen) atoms. The second-order valence-electron chi connectivity index (χ2n) is 5.01. The molecule has 1 aromatic carbocycles. The molecule has 0 aliphatic heterocycles. The van der Waals surface area contributed by atoms with Crippen LogP contribution in [0.4, 0.5) is 17.3 Å². The summed E-state index contributed by atoms with van der Waals surface area (Å²) in [7, 11) is 2.00. The number of aryl methyl sites for hydroxylation is 3. The molecule has 0 atom stereocenters. The zero-order chi connectivity index (χ0) is 14.2. The van der Waals surface area contributed by atoms with Gasteiger partial charge in [0, 0.05) is 18.3 Å². The van der Waals surface area contributed by atoms with Crippen LogP contribution < -0.4 is 10.6 Å². The number of nitrogen functional groups attached to an aromatic ring is 1. The molecular weight excluding hydrogens is 236 g/mol. The minimum atomic E-state index is 0.540. The highest BCUT2D eigenvalue weighted by atomic mass is 15.2. The van der Waals surface area contributed by atoms with Gasteiger partial charge in [-0.3, -0.25) is 0 Å². The smallest absolute Gasteiger partial charge is 0.141 e. The Hall–Kier alpha value is -2.10. The van der Waals surface area contributed by atoms with Gasteiger partial charge in [-0.2, -0.15) is 0 Å². The van der Waals surface area contributed by atoms with Crippen LogP contribution in [0, 0.1) is 27.7 Å². The van der Waals surface area contributed by atoms with Gasteiger partial charge in [-0.15, -0.1) is 0 Å². The van der Waals surface area contributed by atoms with Gasteiger partial charge in [0.2, 0.25) is 0 Å². The van der Waals surface area contributed by atoms with E-state index in [9.17, 15) is 0 Å². The van der Waals surface area contributed by atoms with Crippen LogP contribution in [0.25, 0.3) is 0 Å². The van der Waals surface area contributed by atoms with Crippen LogP contribution in [0.1, 0.15) is 22.5 Å². The second-order valence-corrected chi connectivity index (χ2v) is 5.01. The van der Waals surface area contributed by atoms with Gasteiger partial charge in [0.05, 0.1) is 0 Å². The summed E-state index contributed by atoms with van der Waals surface area (Å²) in [4.78, 5) is 10.7. The van der Waals surface area contributed by atoms with E-state index in [1.165, 1.54) is 11.1 Å². The number of aromatic nitrogens is 2. The molecule has 2 N–H and O–H groups in total. The van der Waals surface area contributed by atoms with Crippen molar-refractivity contribution in [2.75, 3.05) is 17.7 Å². The van der Waals surface area contributed by atoms with E-state index in [0.29, 0.717) is 11.6 Å². The Bertz CT molecular complexity index is 600. The van der Waals surface area contributed by atoms with E-state index in [1.54, 1.807) is 0 Å². The number of benzene rings is 1. The van der Waals surface area contributed by atoms with Crippen LogP contribution in [-0.4, -0.2) is 17.0 Å². The molecule has 0 unspecified atom stereocenters. The predicted octanol–water partition coefficient (Wildman–Crippen LogP) is 3.06. The van der Waals surface area contributed by atoms with Crippen molar-refractivity contribution in [3.05, 3.63) is 40.7 Å². The highest BCUT2D eigenvalue weighted by molar-refractivity contribution is 5.66. The second kappa shape index (κ2) is 4.88. The van der Waals surface area contributed by atoms with Crippen molar-refractivity contribution in [3.63, 3.8) is 0 Å². The van der Waals surface area contributed by atoms with E-state index in [2.05, 4.69) is 46.9 Å². The summed E-state index contributed by atoms with van der Waals surface area (Å²) >= 11 is 0. The van der Waals surface area contributed by atoms with Crippen LogP contribution in [0.5, 0.6) is 0 Å². The van der Waals surface area contributed by atoms with Crippen molar-refractivity contribution in [3.8, 4) is 0 Å². The molecule has 0 saturated heterocycles. The molecule has 1 aromatic heterocycles. The van der Waals surface area contributed by atoms with Crippen molar-refractivity contribution in [2.24, 2.45) is 0 Å². The van der Waals surface area contributed by atoms with Crippen molar-refractivity contribution < 1.29 is 0 Å². The molecule has 0 aliphatic rings. The molecule has 1 heterocycles. The Labute approximate surface area is 114 Å². The zero-order valence-electron chi connectivity index (χ0n) is 12.2. The Morgan fingerprint density at radius 1 is 0.947 bits per heavy atom. The third kappa shape index (κ3) is 2.67. The lowest BCUT2D eigenvalue weighted by molar-refractivity contribution is 0.998. The maximum atomic E-state index is 5.92. The average Bonchev–Trinajstić information content (AvgIpc) is 2.31. The molecule has 4 heteroatoms. The lowest BCUT2D eigenvalue weighted by Crippen LogP contribution is -2.15. The average molecular weight is 256 g/mol. The first kappa shape index (κ1) is 13.3. The topological polar surface area (TPSA) is 55.0 Å². The summed E-state index contributed by atoms with van der Waals surface area (Å²) in [5, 5.41) is 0. The third-order valence-corrected chi connectivity index (χ3v) is 3.18. The van der Waals surface area contributed by atoms with Gasteiger partial charge >= 0.3 is 0 Å². The lowest BCUT2D eigenvalue weighted by Gasteiger charge is -2.22. The number of nitrogens with two attached hydrogens (primary N) is 1. The summed E-state index contributed by atoms with van der Waals surface area (Å²) < 4.78 is 0. The van der Waals surface area contributed by atoms with Gasteiger partial charge in [0.1, 0.15) is 17.5 Å². The SMILES string of the molecule is Cc1cc(C)cc(N(C)c2nc(C)nc(N)c2C)c1. The first-order valence-corrected chi connectivity index (χ1v) is 6.31. The van der Waals surface area contributed by atoms with E-state index in [4.69, 9.17) is 5.73 Å². The van der Waals surface area contributed by atoms with E-state index >= 15 is 0 Å². The van der Waals surface area contributed by atoms with Gasteiger partial charge in [0.25, 0.3) is 0 Å². The summed E-state index contributed by atoms with van der Waals surface area (Å²) in [6.45, 7) is 7.99. The predicted molar refractivity (Wildman–Crippen MR) is 79.9 cm³/mol. The fraction of sp³-hybridized carbons (Fsp3) is 0.333. The summed E-state index contributed by atoms with van der Waals surface area (Å²) in [6, 6.07) is 6.43. The Morgan fingerprint density at radius 2 is 1.53 bits per heavy atom. The van der Waals surface area contributed by atoms with Gasteiger partial charge in [0.15, 0.2) is 0 Å². The van der Waals surface area contributed by atoms with Crippen LogP contribution >= 0.6 is 0 Å².